The highest BCUT2D eigenvalue weighted by molar-refractivity contribution is 5.82. The molecule has 0 aliphatic carbocycles. The standard InChI is InChI=1S/C30H30N8O/c1-3-38-28-23(16-27(29(38)39)22-6-4-21(5-7-22)24-17-31-20-32-18-24)19-33-30(35-28)34-25-8-10-26(11-9-25)37-14-12-36(2)13-15-37/h4-11,16-20H,3,12-15H2,1-2H3,(H,33,34,35). The molecule has 0 saturated carbocycles. The first-order valence-electron chi connectivity index (χ1n) is 13.2. The molecule has 1 aliphatic rings. The minimum absolute atomic E-state index is 0.0815. The van der Waals surface area contributed by atoms with Crippen LogP contribution in [0, 0.1) is 0 Å². The molecule has 1 N–H and O–H groups in total. The first-order valence-corrected chi connectivity index (χ1v) is 13.2. The van der Waals surface area contributed by atoms with Gasteiger partial charge in [-0.15, -0.1) is 0 Å². The van der Waals surface area contributed by atoms with Crippen LogP contribution in [-0.4, -0.2) is 62.6 Å². The number of aromatic nitrogens is 5. The molecule has 196 valence electrons. The number of fused-ring (bicyclic) bond motifs is 1. The third-order valence-electron chi connectivity index (χ3n) is 7.22. The number of nitrogens with one attached hydrogen (secondary N) is 1. The molecule has 39 heavy (non-hydrogen) atoms. The summed E-state index contributed by atoms with van der Waals surface area (Å²) in [6.07, 6.45) is 6.82. The molecule has 4 heterocycles. The lowest BCUT2D eigenvalue weighted by Gasteiger charge is -2.34. The van der Waals surface area contributed by atoms with Crippen molar-refractivity contribution in [2.45, 2.75) is 13.5 Å². The average molecular weight is 519 g/mol. The lowest BCUT2D eigenvalue weighted by Crippen LogP contribution is -2.44. The summed E-state index contributed by atoms with van der Waals surface area (Å²) < 4.78 is 1.70. The Bertz CT molecular complexity index is 1640. The number of anilines is 3. The summed E-state index contributed by atoms with van der Waals surface area (Å²) in [5.74, 6) is 0.457. The van der Waals surface area contributed by atoms with Crippen molar-refractivity contribution < 1.29 is 0 Å². The van der Waals surface area contributed by atoms with Crippen LogP contribution < -0.4 is 15.8 Å². The van der Waals surface area contributed by atoms with Crippen LogP contribution in [0.1, 0.15) is 6.92 Å². The van der Waals surface area contributed by atoms with E-state index in [1.54, 1.807) is 23.2 Å². The number of nitrogens with zero attached hydrogens (tertiary/aromatic N) is 7. The smallest absolute Gasteiger partial charge is 0.260 e. The van der Waals surface area contributed by atoms with Crippen molar-refractivity contribution in [3.05, 3.63) is 89.9 Å². The fraction of sp³-hybridized carbons (Fsp3) is 0.233. The largest absolute Gasteiger partial charge is 0.369 e. The van der Waals surface area contributed by atoms with Crippen LogP contribution >= 0.6 is 0 Å². The van der Waals surface area contributed by atoms with Crippen molar-refractivity contribution in [1.82, 2.24) is 29.4 Å². The molecule has 0 bridgehead atoms. The zero-order valence-corrected chi connectivity index (χ0v) is 22.1. The third-order valence-corrected chi connectivity index (χ3v) is 7.22. The van der Waals surface area contributed by atoms with Crippen LogP contribution in [0.4, 0.5) is 17.3 Å². The fourth-order valence-electron chi connectivity index (χ4n) is 4.96. The van der Waals surface area contributed by atoms with Crippen molar-refractivity contribution in [3.8, 4) is 22.3 Å². The number of pyridine rings is 1. The van der Waals surface area contributed by atoms with Gasteiger partial charge < -0.3 is 15.1 Å². The molecule has 2 aromatic carbocycles. The van der Waals surface area contributed by atoms with Gasteiger partial charge in [-0.2, -0.15) is 4.98 Å². The molecule has 1 fully saturated rings. The van der Waals surface area contributed by atoms with Gasteiger partial charge in [0.15, 0.2) is 0 Å². The number of aryl methyl sites for hydroxylation is 1. The summed E-state index contributed by atoms with van der Waals surface area (Å²) in [5, 5.41) is 4.11. The van der Waals surface area contributed by atoms with E-state index in [0.29, 0.717) is 23.7 Å². The molecule has 0 amide bonds. The van der Waals surface area contributed by atoms with Gasteiger partial charge in [-0.1, -0.05) is 24.3 Å². The quantitative estimate of drug-likeness (QED) is 0.353. The van der Waals surface area contributed by atoms with Crippen molar-refractivity contribution >= 4 is 28.4 Å². The van der Waals surface area contributed by atoms with Crippen molar-refractivity contribution in [3.63, 3.8) is 0 Å². The molecule has 0 radical (unpaired) electrons. The Morgan fingerprint density at radius 2 is 1.54 bits per heavy atom. The number of piperazine rings is 1. The molecule has 1 aliphatic heterocycles. The summed E-state index contributed by atoms with van der Waals surface area (Å²) in [7, 11) is 2.16. The van der Waals surface area contributed by atoms with Crippen LogP contribution in [0.5, 0.6) is 0 Å². The van der Waals surface area contributed by atoms with E-state index in [2.05, 4.69) is 49.2 Å². The SMILES string of the molecule is CCn1c(=O)c(-c2ccc(-c3cncnc3)cc2)cc2cnc(Nc3ccc(N4CCN(C)CC4)cc3)nc21. The summed E-state index contributed by atoms with van der Waals surface area (Å²) in [6.45, 7) is 6.65. The van der Waals surface area contributed by atoms with Crippen molar-refractivity contribution in [2.24, 2.45) is 0 Å². The first kappa shape index (κ1) is 24.7. The van der Waals surface area contributed by atoms with Gasteiger partial charge in [-0.3, -0.25) is 9.36 Å². The number of hydrogen-bond acceptors (Lipinski definition) is 8. The fourth-order valence-corrected chi connectivity index (χ4v) is 4.96. The Morgan fingerprint density at radius 3 is 2.23 bits per heavy atom. The monoisotopic (exact) mass is 518 g/mol. The van der Waals surface area contributed by atoms with Crippen LogP contribution in [0.2, 0.25) is 0 Å². The lowest BCUT2D eigenvalue weighted by atomic mass is 10.0. The molecule has 0 spiro atoms. The summed E-state index contributed by atoms with van der Waals surface area (Å²) in [4.78, 5) is 35.7. The van der Waals surface area contributed by atoms with Gasteiger partial charge in [0.05, 0.1) is 0 Å². The molecule has 5 aromatic rings. The second kappa shape index (κ2) is 10.6. The molecule has 3 aromatic heterocycles. The van der Waals surface area contributed by atoms with Gasteiger partial charge in [0.25, 0.3) is 5.56 Å². The van der Waals surface area contributed by atoms with Gasteiger partial charge in [0.1, 0.15) is 12.0 Å². The van der Waals surface area contributed by atoms with Gasteiger partial charge in [-0.25, -0.2) is 15.0 Å². The van der Waals surface area contributed by atoms with E-state index < -0.39 is 0 Å². The molecular weight excluding hydrogens is 488 g/mol. The van der Waals surface area contributed by atoms with Gasteiger partial charge in [0.2, 0.25) is 5.95 Å². The maximum Gasteiger partial charge on any atom is 0.260 e. The van der Waals surface area contributed by atoms with Gasteiger partial charge in [0, 0.05) is 79.2 Å². The molecule has 1 saturated heterocycles. The average Bonchev–Trinajstić information content (AvgIpc) is 2.98. The second-order valence-corrected chi connectivity index (χ2v) is 9.75. The van der Waals surface area contributed by atoms with Crippen LogP contribution in [-0.2, 0) is 6.54 Å². The van der Waals surface area contributed by atoms with E-state index in [0.717, 1.165) is 53.9 Å². The Labute approximate surface area is 226 Å². The highest BCUT2D eigenvalue weighted by atomic mass is 16.1. The van der Waals surface area contributed by atoms with Crippen LogP contribution in [0.25, 0.3) is 33.3 Å². The Hall–Kier alpha value is -4.63. The van der Waals surface area contributed by atoms with Gasteiger partial charge >= 0.3 is 0 Å². The van der Waals surface area contributed by atoms with E-state index in [1.165, 1.54) is 12.0 Å². The predicted octanol–water partition coefficient (Wildman–Crippen LogP) is 4.43. The first-order chi connectivity index (χ1) is 19.1. The van der Waals surface area contributed by atoms with Crippen molar-refractivity contribution in [2.75, 3.05) is 43.4 Å². The van der Waals surface area contributed by atoms with E-state index in [1.807, 2.05) is 49.4 Å². The zero-order chi connectivity index (χ0) is 26.8. The van der Waals surface area contributed by atoms with E-state index in [-0.39, 0.29) is 5.56 Å². The topological polar surface area (TPSA) is 92.1 Å². The summed E-state index contributed by atoms with van der Waals surface area (Å²) in [5.41, 5.74) is 6.01. The number of rotatable bonds is 6. The Balaban J connectivity index is 1.26. The lowest BCUT2D eigenvalue weighted by molar-refractivity contribution is 0.313. The number of hydrogen-bond donors (Lipinski definition) is 1. The highest BCUT2D eigenvalue weighted by Crippen LogP contribution is 2.26. The zero-order valence-electron chi connectivity index (χ0n) is 22.1. The molecule has 0 atom stereocenters. The molecular formula is C30H30N8O. The van der Waals surface area contributed by atoms with E-state index in [4.69, 9.17) is 4.98 Å². The van der Waals surface area contributed by atoms with E-state index in [9.17, 15) is 4.79 Å². The third kappa shape index (κ3) is 5.08. The maximum absolute atomic E-state index is 13.5. The second-order valence-electron chi connectivity index (χ2n) is 9.75. The molecule has 6 rings (SSSR count). The normalized spacial score (nSPS) is 14.1. The Kier molecular flexibility index (Phi) is 6.73. The van der Waals surface area contributed by atoms with Gasteiger partial charge in [-0.05, 0) is 55.4 Å². The highest BCUT2D eigenvalue weighted by Gasteiger charge is 2.15. The summed E-state index contributed by atoms with van der Waals surface area (Å²) >= 11 is 0. The predicted molar refractivity (Wildman–Crippen MR) is 155 cm³/mol. The molecule has 9 nitrogen and oxygen atoms in total. The Morgan fingerprint density at radius 1 is 0.846 bits per heavy atom. The van der Waals surface area contributed by atoms with Crippen molar-refractivity contribution in [1.29, 1.82) is 0 Å². The van der Waals surface area contributed by atoms with E-state index >= 15 is 0 Å². The minimum atomic E-state index is -0.0815. The van der Waals surface area contributed by atoms with Crippen LogP contribution in [0.3, 0.4) is 0 Å². The number of likely N-dealkylation sites (N-methyl/N-ethyl adjacent to an activating group) is 1. The van der Waals surface area contributed by atoms with Crippen LogP contribution in [0.15, 0.2) is 84.3 Å². The maximum atomic E-state index is 13.5. The summed E-state index contributed by atoms with van der Waals surface area (Å²) in [6, 6.07) is 18.1. The minimum Gasteiger partial charge on any atom is -0.369 e. The molecule has 0 unspecified atom stereocenters. The number of benzene rings is 2. The molecule has 9 heteroatoms.